The van der Waals surface area contributed by atoms with Crippen LogP contribution in [0.3, 0.4) is 0 Å². The number of hydrogen-bond donors (Lipinski definition) is 1. The van der Waals surface area contributed by atoms with Crippen LogP contribution in [0.5, 0.6) is 0 Å². The van der Waals surface area contributed by atoms with Gasteiger partial charge in [-0.3, -0.25) is 4.90 Å². The molecule has 0 amide bonds. The molecule has 1 fully saturated rings. The van der Waals surface area contributed by atoms with Crippen LogP contribution in [-0.2, 0) is 11.3 Å². The van der Waals surface area contributed by atoms with Crippen molar-refractivity contribution in [1.29, 1.82) is 0 Å². The number of hydrogen-bond acceptors (Lipinski definition) is 3. The predicted octanol–water partition coefficient (Wildman–Crippen LogP) is 3.72. The number of ether oxygens (including phenoxy) is 1. The number of halogens is 1. The van der Waals surface area contributed by atoms with E-state index in [1.807, 2.05) is 12.1 Å². The van der Waals surface area contributed by atoms with E-state index in [1.54, 1.807) is 6.20 Å². The topological polar surface area (TPSA) is 41.2 Å². The fourth-order valence-electron chi connectivity index (χ4n) is 3.15. The van der Waals surface area contributed by atoms with Gasteiger partial charge in [-0.25, -0.2) is 4.98 Å². The van der Waals surface area contributed by atoms with Crippen LogP contribution < -0.4 is 0 Å². The van der Waals surface area contributed by atoms with Gasteiger partial charge >= 0.3 is 0 Å². The van der Waals surface area contributed by atoms with Gasteiger partial charge in [0, 0.05) is 36.8 Å². The number of benzene rings is 1. The maximum atomic E-state index is 6.41. The zero-order valence-corrected chi connectivity index (χ0v) is 13.5. The lowest BCUT2D eigenvalue weighted by Gasteiger charge is -2.26. The lowest BCUT2D eigenvalue weighted by Crippen LogP contribution is -2.35. The zero-order chi connectivity index (χ0) is 15.6. The van der Waals surface area contributed by atoms with E-state index >= 15 is 0 Å². The molecule has 0 spiro atoms. The van der Waals surface area contributed by atoms with E-state index in [2.05, 4.69) is 39.1 Å². The first-order chi connectivity index (χ1) is 11.3. The minimum atomic E-state index is 0.559. The standard InChI is InChI=1S/C18H18ClN3O/c19-18-16-14(12-22-8-10-23-11-9-22)17(13-4-2-1-3-5-13)21-15(16)6-7-20-18/h1-7,21H,8-12H2. The van der Waals surface area contributed by atoms with Crippen LogP contribution in [0.1, 0.15) is 5.56 Å². The van der Waals surface area contributed by atoms with Crippen molar-refractivity contribution in [3.8, 4) is 11.3 Å². The van der Waals surface area contributed by atoms with Crippen molar-refractivity contribution in [2.45, 2.75) is 6.54 Å². The summed E-state index contributed by atoms with van der Waals surface area (Å²) in [6, 6.07) is 12.4. The molecule has 0 radical (unpaired) electrons. The minimum absolute atomic E-state index is 0.559. The Bertz CT molecular complexity index is 810. The average Bonchev–Trinajstić information content (AvgIpc) is 2.96. The highest BCUT2D eigenvalue weighted by Gasteiger charge is 2.20. The van der Waals surface area contributed by atoms with Crippen LogP contribution in [0.25, 0.3) is 22.2 Å². The predicted molar refractivity (Wildman–Crippen MR) is 92.6 cm³/mol. The Morgan fingerprint density at radius 2 is 1.91 bits per heavy atom. The number of aromatic amines is 1. The summed E-state index contributed by atoms with van der Waals surface area (Å²) in [6.45, 7) is 4.31. The van der Waals surface area contributed by atoms with Crippen LogP contribution in [0, 0.1) is 0 Å². The van der Waals surface area contributed by atoms with Gasteiger partial charge in [0.05, 0.1) is 24.4 Å². The van der Waals surface area contributed by atoms with E-state index < -0.39 is 0 Å². The van der Waals surface area contributed by atoms with E-state index in [9.17, 15) is 0 Å². The van der Waals surface area contributed by atoms with Gasteiger partial charge in [-0.05, 0) is 11.6 Å². The Morgan fingerprint density at radius 3 is 2.70 bits per heavy atom. The highest BCUT2D eigenvalue weighted by Crippen LogP contribution is 2.34. The number of pyridine rings is 1. The van der Waals surface area contributed by atoms with Gasteiger partial charge in [0.2, 0.25) is 0 Å². The zero-order valence-electron chi connectivity index (χ0n) is 12.8. The lowest BCUT2D eigenvalue weighted by atomic mass is 10.1. The molecule has 0 unspecified atom stereocenters. The Labute approximate surface area is 140 Å². The minimum Gasteiger partial charge on any atom is -0.379 e. The summed E-state index contributed by atoms with van der Waals surface area (Å²) in [7, 11) is 0. The molecule has 0 aliphatic carbocycles. The monoisotopic (exact) mass is 327 g/mol. The normalized spacial score (nSPS) is 16.0. The number of nitrogens with zero attached hydrogens (tertiary/aromatic N) is 2. The fourth-order valence-corrected chi connectivity index (χ4v) is 3.43. The molecule has 118 valence electrons. The number of aromatic nitrogens is 2. The lowest BCUT2D eigenvalue weighted by molar-refractivity contribution is 0.0344. The summed E-state index contributed by atoms with van der Waals surface area (Å²) in [5.74, 6) is 0. The molecule has 3 aromatic rings. The molecule has 1 aliphatic heterocycles. The summed E-state index contributed by atoms with van der Waals surface area (Å²) < 4.78 is 5.46. The summed E-state index contributed by atoms with van der Waals surface area (Å²) in [5, 5.41) is 1.59. The molecule has 1 saturated heterocycles. The SMILES string of the molecule is Clc1nccc2[nH]c(-c3ccccc3)c(CN3CCOCC3)c12. The molecular weight excluding hydrogens is 310 g/mol. The van der Waals surface area contributed by atoms with Gasteiger partial charge in [-0.1, -0.05) is 41.9 Å². The molecule has 1 aromatic carbocycles. The molecule has 0 bridgehead atoms. The molecule has 4 nitrogen and oxygen atoms in total. The second kappa shape index (κ2) is 6.32. The Morgan fingerprint density at radius 1 is 1.13 bits per heavy atom. The maximum absolute atomic E-state index is 6.41. The van der Waals surface area contributed by atoms with Crippen LogP contribution in [0.15, 0.2) is 42.6 Å². The van der Waals surface area contributed by atoms with E-state index in [-0.39, 0.29) is 0 Å². The largest absolute Gasteiger partial charge is 0.379 e. The molecule has 5 heteroatoms. The molecule has 1 aliphatic rings. The van der Waals surface area contributed by atoms with E-state index in [0.717, 1.165) is 49.4 Å². The Balaban J connectivity index is 1.84. The quantitative estimate of drug-likeness (QED) is 0.745. The third kappa shape index (κ3) is 2.85. The molecule has 2 aromatic heterocycles. The molecule has 3 heterocycles. The first-order valence-corrected chi connectivity index (χ1v) is 8.21. The number of nitrogens with one attached hydrogen (secondary N) is 1. The second-order valence-corrected chi connectivity index (χ2v) is 6.12. The fraction of sp³-hybridized carbons (Fsp3) is 0.278. The van der Waals surface area contributed by atoms with Crippen LogP contribution in [0.2, 0.25) is 5.15 Å². The van der Waals surface area contributed by atoms with Crippen molar-refractivity contribution in [3.63, 3.8) is 0 Å². The first-order valence-electron chi connectivity index (χ1n) is 7.83. The van der Waals surface area contributed by atoms with Crippen LogP contribution in [0.4, 0.5) is 0 Å². The number of H-pyrrole nitrogens is 1. The number of morpholine rings is 1. The van der Waals surface area contributed by atoms with Gasteiger partial charge in [0.15, 0.2) is 0 Å². The van der Waals surface area contributed by atoms with Crippen LogP contribution in [-0.4, -0.2) is 41.2 Å². The second-order valence-electron chi connectivity index (χ2n) is 5.76. The molecule has 4 rings (SSSR count). The van der Waals surface area contributed by atoms with Crippen molar-refractivity contribution in [3.05, 3.63) is 53.3 Å². The van der Waals surface area contributed by atoms with Gasteiger partial charge in [0.25, 0.3) is 0 Å². The number of fused-ring (bicyclic) bond motifs is 1. The smallest absolute Gasteiger partial charge is 0.138 e. The summed E-state index contributed by atoms with van der Waals surface area (Å²) in [6.07, 6.45) is 1.74. The van der Waals surface area contributed by atoms with Crippen LogP contribution >= 0.6 is 11.6 Å². The van der Waals surface area contributed by atoms with Crippen molar-refractivity contribution < 1.29 is 4.74 Å². The van der Waals surface area contributed by atoms with Crippen molar-refractivity contribution >= 4 is 22.5 Å². The third-order valence-electron chi connectivity index (χ3n) is 4.32. The van der Waals surface area contributed by atoms with Gasteiger partial charge in [-0.2, -0.15) is 0 Å². The molecule has 0 saturated carbocycles. The van der Waals surface area contributed by atoms with E-state index in [0.29, 0.717) is 5.15 Å². The van der Waals surface area contributed by atoms with Gasteiger partial charge < -0.3 is 9.72 Å². The van der Waals surface area contributed by atoms with E-state index in [4.69, 9.17) is 16.3 Å². The number of rotatable bonds is 3. The average molecular weight is 328 g/mol. The van der Waals surface area contributed by atoms with Crippen molar-refractivity contribution in [1.82, 2.24) is 14.9 Å². The van der Waals surface area contributed by atoms with Gasteiger partial charge in [0.1, 0.15) is 5.15 Å². The Kier molecular flexibility index (Phi) is 4.04. The molecule has 1 N–H and O–H groups in total. The maximum Gasteiger partial charge on any atom is 0.138 e. The summed E-state index contributed by atoms with van der Waals surface area (Å²) >= 11 is 6.41. The van der Waals surface area contributed by atoms with Gasteiger partial charge in [-0.15, -0.1) is 0 Å². The Hall–Kier alpha value is -1.88. The van der Waals surface area contributed by atoms with E-state index in [1.165, 1.54) is 11.1 Å². The first kappa shape index (κ1) is 14.7. The highest BCUT2D eigenvalue weighted by atomic mass is 35.5. The van der Waals surface area contributed by atoms with Crippen molar-refractivity contribution in [2.24, 2.45) is 0 Å². The molecular formula is C18H18ClN3O. The third-order valence-corrected chi connectivity index (χ3v) is 4.60. The summed E-state index contributed by atoms with van der Waals surface area (Å²) in [5.41, 5.74) is 4.54. The molecule has 0 atom stereocenters. The highest BCUT2D eigenvalue weighted by molar-refractivity contribution is 6.34. The summed E-state index contributed by atoms with van der Waals surface area (Å²) in [4.78, 5) is 10.2. The molecule has 23 heavy (non-hydrogen) atoms. The van der Waals surface area contributed by atoms with Crippen molar-refractivity contribution in [2.75, 3.05) is 26.3 Å².